The van der Waals surface area contributed by atoms with E-state index in [4.69, 9.17) is 4.74 Å². The molecule has 0 radical (unpaired) electrons. The molecule has 0 N–H and O–H groups in total. The summed E-state index contributed by atoms with van der Waals surface area (Å²) in [4.78, 5) is 5.16. The number of benzene rings is 2. The highest BCUT2D eigenvalue weighted by Crippen LogP contribution is 2.24. The third-order valence-corrected chi connectivity index (χ3v) is 6.31. The van der Waals surface area contributed by atoms with Gasteiger partial charge in [-0.15, -0.1) is 0 Å². The lowest BCUT2D eigenvalue weighted by molar-refractivity contribution is 0.205. The Morgan fingerprint density at radius 3 is 2.10 bits per heavy atom. The first kappa shape index (κ1) is 20.4. The smallest absolute Gasteiger partial charge is 0.119 e. The third kappa shape index (κ3) is 6.32. The predicted octanol–water partition coefficient (Wildman–Crippen LogP) is 5.59. The van der Waals surface area contributed by atoms with E-state index in [-0.39, 0.29) is 0 Å². The maximum absolute atomic E-state index is 5.98. The highest BCUT2D eigenvalue weighted by Gasteiger charge is 2.11. The standard InChI is InChI=1S/C26H36N2O/c1-3-15-27(16-4-1)19-8-20-29-26-13-11-24(12-14-26)25-10-7-9-23(21-25)22-28-17-5-2-6-18-28/h7,9-14,21H,1-6,8,15-20,22H2. The van der Waals surface area contributed by atoms with Gasteiger partial charge in [0.25, 0.3) is 0 Å². The molecule has 2 aromatic rings. The molecule has 2 heterocycles. The monoisotopic (exact) mass is 392 g/mol. The van der Waals surface area contributed by atoms with Crippen molar-refractivity contribution in [3.8, 4) is 16.9 Å². The van der Waals surface area contributed by atoms with Crippen molar-refractivity contribution in [3.05, 3.63) is 54.1 Å². The van der Waals surface area contributed by atoms with Crippen LogP contribution in [0.15, 0.2) is 48.5 Å². The number of rotatable bonds is 8. The lowest BCUT2D eigenvalue weighted by atomic mass is 10.0. The van der Waals surface area contributed by atoms with E-state index in [1.807, 2.05) is 0 Å². The number of hydrogen-bond donors (Lipinski definition) is 0. The molecule has 0 aromatic heterocycles. The van der Waals surface area contributed by atoms with Crippen LogP contribution < -0.4 is 4.74 Å². The fourth-order valence-corrected chi connectivity index (χ4v) is 4.63. The number of piperidine rings is 2. The molecule has 0 amide bonds. The van der Waals surface area contributed by atoms with Crippen LogP contribution in [0.1, 0.15) is 50.5 Å². The Bertz CT molecular complexity index is 731. The van der Waals surface area contributed by atoms with Gasteiger partial charge in [-0.1, -0.05) is 43.2 Å². The maximum atomic E-state index is 5.98. The average Bonchev–Trinajstić information content (AvgIpc) is 2.79. The summed E-state index contributed by atoms with van der Waals surface area (Å²) in [6, 6.07) is 17.6. The zero-order chi connectivity index (χ0) is 19.7. The highest BCUT2D eigenvalue weighted by molar-refractivity contribution is 5.64. The van der Waals surface area contributed by atoms with E-state index in [2.05, 4.69) is 58.3 Å². The van der Waals surface area contributed by atoms with Gasteiger partial charge in [0.1, 0.15) is 5.75 Å². The van der Waals surface area contributed by atoms with Crippen LogP contribution in [0.2, 0.25) is 0 Å². The molecule has 3 heteroatoms. The zero-order valence-corrected chi connectivity index (χ0v) is 17.8. The molecule has 0 bridgehead atoms. The second-order valence-electron chi connectivity index (χ2n) is 8.67. The van der Waals surface area contributed by atoms with Crippen molar-refractivity contribution in [2.24, 2.45) is 0 Å². The van der Waals surface area contributed by atoms with E-state index in [0.29, 0.717) is 0 Å². The van der Waals surface area contributed by atoms with Gasteiger partial charge in [-0.2, -0.15) is 0 Å². The Morgan fingerprint density at radius 2 is 1.38 bits per heavy atom. The second kappa shape index (κ2) is 10.8. The molecule has 156 valence electrons. The maximum Gasteiger partial charge on any atom is 0.119 e. The molecule has 0 unspecified atom stereocenters. The van der Waals surface area contributed by atoms with E-state index < -0.39 is 0 Å². The highest BCUT2D eigenvalue weighted by atomic mass is 16.5. The van der Waals surface area contributed by atoms with Gasteiger partial charge < -0.3 is 9.64 Å². The van der Waals surface area contributed by atoms with Crippen LogP contribution in [0.5, 0.6) is 5.75 Å². The molecule has 2 aliphatic heterocycles. The van der Waals surface area contributed by atoms with E-state index in [1.54, 1.807) is 0 Å². The SMILES string of the molecule is c1cc(CN2CCCCC2)cc(-c2ccc(OCCCN3CCCCC3)cc2)c1. The van der Waals surface area contributed by atoms with Crippen molar-refractivity contribution >= 4 is 0 Å². The topological polar surface area (TPSA) is 15.7 Å². The molecule has 0 spiro atoms. The van der Waals surface area contributed by atoms with Crippen molar-refractivity contribution in [2.45, 2.75) is 51.5 Å². The lowest BCUT2D eigenvalue weighted by Gasteiger charge is -2.26. The van der Waals surface area contributed by atoms with Gasteiger partial charge in [-0.25, -0.2) is 0 Å². The minimum absolute atomic E-state index is 0.807. The van der Waals surface area contributed by atoms with Gasteiger partial charge in [-0.3, -0.25) is 4.90 Å². The Kier molecular flexibility index (Phi) is 7.61. The molecule has 0 saturated carbocycles. The first-order chi connectivity index (χ1) is 14.4. The minimum atomic E-state index is 0.807. The Balaban J connectivity index is 1.26. The predicted molar refractivity (Wildman–Crippen MR) is 121 cm³/mol. The van der Waals surface area contributed by atoms with Gasteiger partial charge >= 0.3 is 0 Å². The summed E-state index contributed by atoms with van der Waals surface area (Å²) in [5.41, 5.74) is 3.99. The zero-order valence-electron chi connectivity index (χ0n) is 17.8. The summed E-state index contributed by atoms with van der Waals surface area (Å²) in [6.07, 6.45) is 9.32. The van der Waals surface area contributed by atoms with Crippen molar-refractivity contribution < 1.29 is 4.74 Å². The largest absolute Gasteiger partial charge is 0.494 e. The van der Waals surface area contributed by atoms with Crippen LogP contribution in [0, 0.1) is 0 Å². The van der Waals surface area contributed by atoms with Crippen LogP contribution in [0.4, 0.5) is 0 Å². The Labute approximate surface area is 176 Å². The van der Waals surface area contributed by atoms with Gasteiger partial charge in [0.2, 0.25) is 0 Å². The summed E-state index contributed by atoms with van der Waals surface area (Å²) in [6.45, 7) is 8.08. The normalized spacial score (nSPS) is 18.6. The fourth-order valence-electron chi connectivity index (χ4n) is 4.63. The van der Waals surface area contributed by atoms with Crippen LogP contribution in [-0.2, 0) is 6.54 Å². The first-order valence-corrected chi connectivity index (χ1v) is 11.6. The Morgan fingerprint density at radius 1 is 0.690 bits per heavy atom. The molecule has 2 aromatic carbocycles. The van der Waals surface area contributed by atoms with Crippen LogP contribution in [0.3, 0.4) is 0 Å². The quantitative estimate of drug-likeness (QED) is 0.544. The van der Waals surface area contributed by atoms with Gasteiger partial charge in [-0.05, 0) is 93.2 Å². The summed E-state index contributed by atoms with van der Waals surface area (Å²) < 4.78 is 5.98. The van der Waals surface area contributed by atoms with E-state index in [1.165, 1.54) is 87.9 Å². The van der Waals surface area contributed by atoms with Crippen molar-refractivity contribution in [3.63, 3.8) is 0 Å². The summed E-state index contributed by atoms with van der Waals surface area (Å²) in [5, 5.41) is 0. The van der Waals surface area contributed by atoms with Gasteiger partial charge in [0, 0.05) is 13.1 Å². The minimum Gasteiger partial charge on any atom is -0.494 e. The number of hydrogen-bond acceptors (Lipinski definition) is 3. The van der Waals surface area contributed by atoms with Crippen molar-refractivity contribution in [1.29, 1.82) is 0 Å². The number of ether oxygens (including phenoxy) is 1. The molecule has 3 nitrogen and oxygen atoms in total. The molecule has 4 rings (SSSR count). The molecule has 0 atom stereocenters. The van der Waals surface area contributed by atoms with Crippen LogP contribution in [0.25, 0.3) is 11.1 Å². The van der Waals surface area contributed by atoms with Crippen LogP contribution >= 0.6 is 0 Å². The van der Waals surface area contributed by atoms with E-state index in [0.717, 1.165) is 25.3 Å². The summed E-state index contributed by atoms with van der Waals surface area (Å²) in [7, 11) is 0. The summed E-state index contributed by atoms with van der Waals surface area (Å²) >= 11 is 0. The fraction of sp³-hybridized carbons (Fsp3) is 0.538. The molecular weight excluding hydrogens is 356 g/mol. The van der Waals surface area contributed by atoms with Gasteiger partial charge in [0.05, 0.1) is 6.61 Å². The van der Waals surface area contributed by atoms with Crippen molar-refractivity contribution in [1.82, 2.24) is 9.80 Å². The van der Waals surface area contributed by atoms with Crippen LogP contribution in [-0.4, -0.2) is 49.1 Å². The Hall–Kier alpha value is -1.84. The molecular formula is C26H36N2O. The lowest BCUT2D eigenvalue weighted by Crippen LogP contribution is -2.31. The molecule has 2 saturated heterocycles. The number of likely N-dealkylation sites (tertiary alicyclic amines) is 2. The van der Waals surface area contributed by atoms with Crippen molar-refractivity contribution in [2.75, 3.05) is 39.3 Å². The molecule has 2 aliphatic rings. The second-order valence-corrected chi connectivity index (χ2v) is 8.67. The molecule has 29 heavy (non-hydrogen) atoms. The van der Waals surface area contributed by atoms with Gasteiger partial charge in [0.15, 0.2) is 0 Å². The third-order valence-electron chi connectivity index (χ3n) is 6.31. The van der Waals surface area contributed by atoms with E-state index in [9.17, 15) is 0 Å². The first-order valence-electron chi connectivity index (χ1n) is 11.6. The summed E-state index contributed by atoms with van der Waals surface area (Å²) in [5.74, 6) is 0.983. The van der Waals surface area contributed by atoms with E-state index >= 15 is 0 Å². The molecule has 2 fully saturated rings. The molecule has 0 aliphatic carbocycles. The number of nitrogens with zero attached hydrogens (tertiary/aromatic N) is 2. The average molecular weight is 393 g/mol.